The molecule has 3 nitrogen and oxygen atoms in total. The van der Waals surface area contributed by atoms with E-state index in [1.165, 1.54) is 12.3 Å². The van der Waals surface area contributed by atoms with E-state index in [-0.39, 0.29) is 12.1 Å². The Kier molecular flexibility index (Phi) is 4.27. The number of halogens is 2. The summed E-state index contributed by atoms with van der Waals surface area (Å²) in [6.07, 6.45) is 2.38. The summed E-state index contributed by atoms with van der Waals surface area (Å²) in [4.78, 5) is 5.86. The molecule has 0 aliphatic carbocycles. The minimum atomic E-state index is -0.669. The van der Waals surface area contributed by atoms with Gasteiger partial charge >= 0.3 is 0 Å². The van der Waals surface area contributed by atoms with Crippen molar-refractivity contribution in [1.29, 1.82) is 0 Å². The van der Waals surface area contributed by atoms with Crippen LogP contribution in [0.5, 0.6) is 0 Å². The van der Waals surface area contributed by atoms with Crippen LogP contribution in [0.4, 0.5) is 14.5 Å². The summed E-state index contributed by atoms with van der Waals surface area (Å²) in [7, 11) is 0. The van der Waals surface area contributed by atoms with E-state index in [2.05, 4.69) is 4.98 Å². The Morgan fingerprint density at radius 2 is 2.05 bits per heavy atom. The van der Waals surface area contributed by atoms with E-state index in [9.17, 15) is 8.78 Å². The average molecular weight is 266 g/mol. The predicted molar refractivity (Wildman–Crippen MR) is 71.2 cm³/mol. The molecule has 0 aliphatic heterocycles. The lowest BCUT2D eigenvalue weighted by Gasteiger charge is -2.24. The third-order valence-electron chi connectivity index (χ3n) is 2.94. The van der Waals surface area contributed by atoms with Crippen LogP contribution in [0.15, 0.2) is 24.4 Å². The van der Waals surface area contributed by atoms with Crippen molar-refractivity contribution in [2.45, 2.75) is 13.3 Å². The number of hydrogen-bond acceptors (Lipinski definition) is 3. The number of fused-ring (bicyclic) bond motifs is 1. The Bertz CT molecular complexity index is 569. The van der Waals surface area contributed by atoms with Gasteiger partial charge in [-0.3, -0.25) is 4.98 Å². The first-order valence-electron chi connectivity index (χ1n) is 6.27. The lowest BCUT2D eigenvalue weighted by Crippen LogP contribution is -2.27. The zero-order chi connectivity index (χ0) is 13.8. The normalized spacial score (nSPS) is 10.9. The molecule has 0 atom stereocenters. The molecule has 0 saturated heterocycles. The summed E-state index contributed by atoms with van der Waals surface area (Å²) in [6.45, 7) is 3.12. The molecule has 0 radical (unpaired) electrons. The molecule has 19 heavy (non-hydrogen) atoms. The highest BCUT2D eigenvalue weighted by atomic mass is 19.1. The van der Waals surface area contributed by atoms with Crippen LogP contribution in [-0.2, 0) is 0 Å². The summed E-state index contributed by atoms with van der Waals surface area (Å²) in [5.74, 6) is -1.29. The second-order valence-corrected chi connectivity index (χ2v) is 4.32. The smallest absolute Gasteiger partial charge is 0.152 e. The van der Waals surface area contributed by atoms with E-state index in [0.717, 1.165) is 12.5 Å². The second kappa shape index (κ2) is 5.93. The summed E-state index contributed by atoms with van der Waals surface area (Å²) in [6, 6.07) is 3.82. The molecule has 0 saturated carbocycles. The maximum atomic E-state index is 13.7. The first kappa shape index (κ1) is 13.7. The molecule has 2 aromatic rings. The topological polar surface area (TPSA) is 36.4 Å². The van der Waals surface area contributed by atoms with Crippen molar-refractivity contribution in [1.82, 2.24) is 4.98 Å². The van der Waals surface area contributed by atoms with Crippen LogP contribution in [0.3, 0.4) is 0 Å². The molecule has 1 heterocycles. The summed E-state index contributed by atoms with van der Waals surface area (Å²) < 4.78 is 27.1. The van der Waals surface area contributed by atoms with Crippen molar-refractivity contribution >= 4 is 16.6 Å². The first-order chi connectivity index (χ1) is 9.17. The summed E-state index contributed by atoms with van der Waals surface area (Å²) in [5, 5.41) is 9.53. The van der Waals surface area contributed by atoms with E-state index >= 15 is 0 Å². The highest BCUT2D eigenvalue weighted by molar-refractivity contribution is 5.91. The number of nitrogens with zero attached hydrogens (tertiary/aromatic N) is 2. The van der Waals surface area contributed by atoms with Crippen molar-refractivity contribution in [2.75, 3.05) is 24.6 Å². The molecule has 0 fully saturated rings. The van der Waals surface area contributed by atoms with Crippen molar-refractivity contribution in [3.05, 3.63) is 36.0 Å². The zero-order valence-electron chi connectivity index (χ0n) is 10.7. The Morgan fingerprint density at radius 3 is 2.74 bits per heavy atom. The average Bonchev–Trinajstić information content (AvgIpc) is 2.38. The molecule has 2 rings (SSSR count). The molecule has 0 spiro atoms. The maximum Gasteiger partial charge on any atom is 0.152 e. The van der Waals surface area contributed by atoms with E-state index in [1.807, 2.05) is 11.8 Å². The van der Waals surface area contributed by atoms with Crippen molar-refractivity contribution in [3.63, 3.8) is 0 Å². The maximum absolute atomic E-state index is 13.7. The number of aromatic nitrogens is 1. The molecule has 102 valence electrons. The van der Waals surface area contributed by atoms with Crippen LogP contribution in [0, 0.1) is 11.6 Å². The van der Waals surface area contributed by atoms with Gasteiger partial charge in [0.2, 0.25) is 0 Å². The summed E-state index contributed by atoms with van der Waals surface area (Å²) >= 11 is 0. The molecule has 1 aromatic carbocycles. The number of rotatable bonds is 5. The van der Waals surface area contributed by atoms with Gasteiger partial charge in [-0.05, 0) is 18.6 Å². The van der Waals surface area contributed by atoms with E-state index in [1.54, 1.807) is 6.07 Å². The number of aliphatic hydroxyl groups is 1. The quantitative estimate of drug-likeness (QED) is 0.904. The Labute approximate surface area is 110 Å². The van der Waals surface area contributed by atoms with Crippen LogP contribution < -0.4 is 4.90 Å². The van der Waals surface area contributed by atoms with Crippen LogP contribution in [-0.4, -0.2) is 29.8 Å². The van der Waals surface area contributed by atoms with Gasteiger partial charge < -0.3 is 10.0 Å². The van der Waals surface area contributed by atoms with Crippen molar-refractivity contribution in [3.8, 4) is 0 Å². The Morgan fingerprint density at radius 1 is 1.26 bits per heavy atom. The zero-order valence-corrected chi connectivity index (χ0v) is 10.7. The molecule has 5 heteroatoms. The largest absolute Gasteiger partial charge is 0.395 e. The van der Waals surface area contributed by atoms with E-state index < -0.39 is 11.6 Å². The van der Waals surface area contributed by atoms with Gasteiger partial charge in [0.25, 0.3) is 0 Å². The SMILES string of the molecule is CCCN(CCO)c1ccnc2c(F)cc(F)cc12. The number of pyridine rings is 1. The van der Waals surface area contributed by atoms with Crippen molar-refractivity contribution < 1.29 is 13.9 Å². The van der Waals surface area contributed by atoms with E-state index in [0.29, 0.717) is 24.2 Å². The lowest BCUT2D eigenvalue weighted by molar-refractivity contribution is 0.302. The minimum Gasteiger partial charge on any atom is -0.395 e. The Hall–Kier alpha value is -1.75. The molecule has 0 aliphatic rings. The van der Waals surface area contributed by atoms with Crippen LogP contribution in [0.25, 0.3) is 10.9 Å². The molecule has 0 unspecified atom stereocenters. The fourth-order valence-electron chi connectivity index (χ4n) is 2.18. The highest BCUT2D eigenvalue weighted by Gasteiger charge is 2.13. The third kappa shape index (κ3) is 2.81. The summed E-state index contributed by atoms with van der Waals surface area (Å²) in [5.41, 5.74) is 0.845. The van der Waals surface area contributed by atoms with Gasteiger partial charge in [0.1, 0.15) is 11.3 Å². The molecule has 0 amide bonds. The molecule has 1 aromatic heterocycles. The van der Waals surface area contributed by atoms with E-state index in [4.69, 9.17) is 5.11 Å². The van der Waals surface area contributed by atoms with Gasteiger partial charge in [-0.25, -0.2) is 8.78 Å². The Balaban J connectivity index is 2.58. The van der Waals surface area contributed by atoms with Gasteiger partial charge in [0.15, 0.2) is 5.82 Å². The molecular formula is C14H16F2N2O. The predicted octanol–water partition coefficient (Wildman–Crippen LogP) is 2.72. The fraction of sp³-hybridized carbons (Fsp3) is 0.357. The van der Waals surface area contributed by atoms with Crippen LogP contribution >= 0.6 is 0 Å². The van der Waals surface area contributed by atoms with Gasteiger partial charge in [-0.15, -0.1) is 0 Å². The lowest BCUT2D eigenvalue weighted by atomic mass is 10.1. The molecule has 1 N–H and O–H groups in total. The third-order valence-corrected chi connectivity index (χ3v) is 2.94. The van der Waals surface area contributed by atoms with Gasteiger partial charge in [-0.1, -0.05) is 6.92 Å². The van der Waals surface area contributed by atoms with Crippen LogP contribution in [0.1, 0.15) is 13.3 Å². The number of anilines is 1. The second-order valence-electron chi connectivity index (χ2n) is 4.32. The van der Waals surface area contributed by atoms with Gasteiger partial charge in [-0.2, -0.15) is 0 Å². The molecular weight excluding hydrogens is 250 g/mol. The number of benzene rings is 1. The fourth-order valence-corrected chi connectivity index (χ4v) is 2.18. The highest BCUT2D eigenvalue weighted by Crippen LogP contribution is 2.27. The van der Waals surface area contributed by atoms with Gasteiger partial charge in [0.05, 0.1) is 6.61 Å². The van der Waals surface area contributed by atoms with Crippen LogP contribution in [0.2, 0.25) is 0 Å². The van der Waals surface area contributed by atoms with Crippen molar-refractivity contribution in [2.24, 2.45) is 0 Å². The first-order valence-corrected chi connectivity index (χ1v) is 6.27. The van der Waals surface area contributed by atoms with Gasteiger partial charge in [0, 0.05) is 36.4 Å². The number of hydrogen-bond donors (Lipinski definition) is 1. The number of aliphatic hydroxyl groups excluding tert-OH is 1. The monoisotopic (exact) mass is 266 g/mol. The standard InChI is InChI=1S/C14H16F2N2O/c1-2-5-18(6-7-19)13-3-4-17-14-11(13)8-10(15)9-12(14)16/h3-4,8-9,19H,2,5-7H2,1H3. The minimum absolute atomic E-state index is 0.0123. The molecule has 0 bridgehead atoms.